The monoisotopic (exact) mass is 1470 g/mol. The molecule has 17 nitrogen and oxygen atoms in total. The summed E-state index contributed by atoms with van der Waals surface area (Å²) in [6, 6.07) is 0. The number of phosphoric ester groups is 2. The minimum atomic E-state index is -4.96. The van der Waals surface area contributed by atoms with Gasteiger partial charge in [-0.3, -0.25) is 37.3 Å². The molecular formula is C81H158O17P2. The molecule has 0 aliphatic rings. The van der Waals surface area contributed by atoms with Crippen molar-refractivity contribution < 1.29 is 80.2 Å². The minimum absolute atomic E-state index is 0.105. The lowest BCUT2D eigenvalue weighted by atomic mass is 10.0. The van der Waals surface area contributed by atoms with E-state index in [4.69, 9.17) is 37.0 Å². The van der Waals surface area contributed by atoms with Gasteiger partial charge in [-0.1, -0.05) is 370 Å². The Morgan fingerprint density at radius 1 is 0.270 bits per heavy atom. The van der Waals surface area contributed by atoms with Crippen molar-refractivity contribution in [3.05, 3.63) is 0 Å². The Morgan fingerprint density at radius 3 is 0.680 bits per heavy atom. The fraction of sp³-hybridized carbons (Fsp3) is 0.951. The number of aliphatic hydroxyl groups excluding tert-OH is 1. The summed E-state index contributed by atoms with van der Waals surface area (Å²) in [6.07, 6.45) is 60.0. The van der Waals surface area contributed by atoms with Crippen LogP contribution in [0.1, 0.15) is 421 Å². The van der Waals surface area contributed by atoms with Gasteiger partial charge in [0.2, 0.25) is 0 Å². The Bertz CT molecular complexity index is 1940. The molecule has 0 saturated carbocycles. The van der Waals surface area contributed by atoms with E-state index >= 15 is 0 Å². The van der Waals surface area contributed by atoms with Crippen LogP contribution in [0.4, 0.5) is 0 Å². The van der Waals surface area contributed by atoms with Crippen LogP contribution in [0.5, 0.6) is 0 Å². The Balaban J connectivity index is 5.20. The zero-order valence-corrected chi connectivity index (χ0v) is 67.5. The van der Waals surface area contributed by atoms with Crippen molar-refractivity contribution in [3.63, 3.8) is 0 Å². The normalized spacial score (nSPS) is 14.0. The molecule has 0 aromatic heterocycles. The lowest BCUT2D eigenvalue weighted by Gasteiger charge is -2.21. The molecule has 0 aromatic rings. The smallest absolute Gasteiger partial charge is 0.462 e. The van der Waals surface area contributed by atoms with Crippen LogP contribution in [0.15, 0.2) is 0 Å². The molecular weight excluding hydrogens is 1310 g/mol. The second-order valence-electron chi connectivity index (χ2n) is 30.6. The zero-order valence-electron chi connectivity index (χ0n) is 65.7. The molecule has 0 radical (unpaired) electrons. The quantitative estimate of drug-likeness (QED) is 0.0222. The van der Waals surface area contributed by atoms with Gasteiger partial charge in [0.05, 0.1) is 26.4 Å². The Kier molecular flexibility index (Phi) is 69.9. The van der Waals surface area contributed by atoms with E-state index in [0.717, 1.165) is 108 Å². The van der Waals surface area contributed by atoms with Crippen molar-refractivity contribution >= 4 is 39.5 Å². The minimum Gasteiger partial charge on any atom is -0.462 e. The molecule has 0 aromatic carbocycles. The molecule has 3 N–H and O–H groups in total. The summed E-state index contributed by atoms with van der Waals surface area (Å²) in [5.74, 6) is 0.118. The second-order valence-corrected chi connectivity index (χ2v) is 33.5. The molecule has 5 atom stereocenters. The number of hydrogen-bond acceptors (Lipinski definition) is 15. The maximum Gasteiger partial charge on any atom is 0.472 e. The largest absolute Gasteiger partial charge is 0.472 e. The van der Waals surface area contributed by atoms with Gasteiger partial charge in [0, 0.05) is 25.7 Å². The van der Waals surface area contributed by atoms with E-state index in [1.807, 2.05) is 0 Å². The number of rotatable bonds is 79. The van der Waals surface area contributed by atoms with Crippen LogP contribution in [0.25, 0.3) is 0 Å². The van der Waals surface area contributed by atoms with Crippen molar-refractivity contribution in [2.24, 2.45) is 17.8 Å². The molecule has 19 heteroatoms. The molecule has 0 amide bonds. The molecule has 594 valence electrons. The summed E-state index contributed by atoms with van der Waals surface area (Å²) in [7, 11) is -9.92. The van der Waals surface area contributed by atoms with Gasteiger partial charge in [-0.2, -0.15) is 0 Å². The van der Waals surface area contributed by atoms with Gasteiger partial charge in [-0.05, 0) is 43.4 Å². The summed E-state index contributed by atoms with van der Waals surface area (Å²) in [6.45, 7) is 11.9. The molecule has 0 heterocycles. The van der Waals surface area contributed by atoms with Gasteiger partial charge >= 0.3 is 39.5 Å². The maximum atomic E-state index is 13.1. The lowest BCUT2D eigenvalue weighted by Crippen LogP contribution is -2.30. The number of hydrogen-bond donors (Lipinski definition) is 3. The third kappa shape index (κ3) is 74.3. The summed E-state index contributed by atoms with van der Waals surface area (Å²) in [5.41, 5.74) is 0. The van der Waals surface area contributed by atoms with E-state index in [2.05, 4.69) is 48.5 Å². The molecule has 0 spiro atoms. The van der Waals surface area contributed by atoms with E-state index in [0.29, 0.717) is 31.6 Å². The van der Waals surface area contributed by atoms with Crippen LogP contribution < -0.4 is 0 Å². The summed E-state index contributed by atoms with van der Waals surface area (Å²) in [5, 5.41) is 10.6. The number of carbonyl (C=O) groups is 4. The predicted octanol–water partition coefficient (Wildman–Crippen LogP) is 24.1. The summed E-state index contributed by atoms with van der Waals surface area (Å²) >= 11 is 0. The lowest BCUT2D eigenvalue weighted by molar-refractivity contribution is -0.161. The highest BCUT2D eigenvalue weighted by Gasteiger charge is 2.30. The number of aliphatic hydroxyl groups is 1. The van der Waals surface area contributed by atoms with Crippen molar-refractivity contribution in [2.75, 3.05) is 39.6 Å². The zero-order chi connectivity index (χ0) is 73.7. The highest BCUT2D eigenvalue weighted by atomic mass is 31.2. The van der Waals surface area contributed by atoms with E-state index in [1.54, 1.807) is 0 Å². The molecule has 100 heavy (non-hydrogen) atoms. The van der Waals surface area contributed by atoms with Gasteiger partial charge in [-0.15, -0.1) is 0 Å². The molecule has 0 saturated heterocycles. The fourth-order valence-corrected chi connectivity index (χ4v) is 14.1. The molecule has 0 fully saturated rings. The highest BCUT2D eigenvalue weighted by molar-refractivity contribution is 7.47. The first-order valence-corrected chi connectivity index (χ1v) is 44.8. The topological polar surface area (TPSA) is 237 Å². The van der Waals surface area contributed by atoms with Gasteiger partial charge in [0.25, 0.3) is 0 Å². The maximum absolute atomic E-state index is 13.1. The van der Waals surface area contributed by atoms with Crippen LogP contribution in [0, 0.1) is 17.8 Å². The second kappa shape index (κ2) is 71.3. The van der Waals surface area contributed by atoms with Gasteiger partial charge in [-0.25, -0.2) is 9.13 Å². The number of ether oxygens (including phenoxy) is 4. The van der Waals surface area contributed by atoms with Crippen molar-refractivity contribution in [1.29, 1.82) is 0 Å². The molecule has 0 aliphatic carbocycles. The van der Waals surface area contributed by atoms with Crippen molar-refractivity contribution in [2.45, 2.75) is 439 Å². The third-order valence-electron chi connectivity index (χ3n) is 18.9. The summed E-state index contributed by atoms with van der Waals surface area (Å²) < 4.78 is 68.7. The number of unbranched alkanes of at least 4 members (excludes halogenated alkanes) is 47. The van der Waals surface area contributed by atoms with E-state index < -0.39 is 97.5 Å². The number of phosphoric acid groups is 2. The van der Waals surface area contributed by atoms with Gasteiger partial charge in [0.1, 0.15) is 19.3 Å². The molecule has 0 aliphatic heterocycles. The van der Waals surface area contributed by atoms with Crippen LogP contribution in [0.3, 0.4) is 0 Å². The Morgan fingerprint density at radius 2 is 0.460 bits per heavy atom. The Hall–Kier alpha value is -1.94. The third-order valence-corrected chi connectivity index (χ3v) is 20.8. The van der Waals surface area contributed by atoms with Gasteiger partial charge < -0.3 is 33.8 Å². The van der Waals surface area contributed by atoms with Crippen LogP contribution in [0.2, 0.25) is 0 Å². The summed E-state index contributed by atoms with van der Waals surface area (Å²) in [4.78, 5) is 73.0. The average Bonchev–Trinajstić information content (AvgIpc) is 0.913. The standard InChI is InChI=1S/C81H158O17P2/c1-8-9-10-11-12-13-14-15-16-17-18-19-20-21-22-23-26-30-35-42-50-57-64-80(85)97-76(68-91-78(83)62-55-48-41-34-29-27-24-25-28-32-38-45-52-59-72(2)3)70-95-99(87,88)93-66-75(82)67-94-100(89,90)96-71-77(69-92-79(84)63-56-49-44-37-40-47-54-61-74(6)7)98-81(86)65-58-51-43-36-31-33-39-46-53-60-73(4)5/h72-77,82H,8-71H2,1-7H3,(H,87,88)(H,89,90)/t75-,76-,77-/m1/s1. The van der Waals surface area contributed by atoms with Crippen LogP contribution >= 0.6 is 15.6 Å². The molecule has 2 unspecified atom stereocenters. The van der Waals surface area contributed by atoms with E-state index in [9.17, 15) is 43.2 Å². The molecule has 0 rings (SSSR count). The van der Waals surface area contributed by atoms with Crippen LogP contribution in [-0.4, -0.2) is 96.7 Å². The first-order valence-electron chi connectivity index (χ1n) is 41.8. The van der Waals surface area contributed by atoms with Crippen molar-refractivity contribution in [1.82, 2.24) is 0 Å². The van der Waals surface area contributed by atoms with E-state index in [-0.39, 0.29) is 25.7 Å². The van der Waals surface area contributed by atoms with E-state index in [1.165, 1.54) is 225 Å². The van der Waals surface area contributed by atoms with Gasteiger partial charge in [0.15, 0.2) is 12.2 Å². The van der Waals surface area contributed by atoms with Crippen molar-refractivity contribution in [3.8, 4) is 0 Å². The molecule has 0 bridgehead atoms. The Labute approximate surface area is 613 Å². The van der Waals surface area contributed by atoms with Crippen LogP contribution in [-0.2, 0) is 65.4 Å². The fourth-order valence-electron chi connectivity index (χ4n) is 12.5. The predicted molar refractivity (Wildman–Crippen MR) is 409 cm³/mol. The number of carbonyl (C=O) groups excluding carboxylic acids is 4. The first-order chi connectivity index (χ1) is 48.2. The number of esters is 4. The SMILES string of the molecule is CCCCCCCCCCCCCCCCCCCCCCCCC(=O)O[C@H](COC(=O)CCCCCCCCCCCCCCCC(C)C)COP(=O)(O)OC[C@@H](O)COP(=O)(O)OC[C@@H](COC(=O)CCCCCCCCCC(C)C)OC(=O)CCCCCCCCCCCC(C)C. The highest BCUT2D eigenvalue weighted by Crippen LogP contribution is 2.45. The average molecular weight is 1470 g/mol. The first kappa shape index (κ1) is 98.1.